The van der Waals surface area contributed by atoms with Gasteiger partial charge in [-0.15, -0.1) is 11.6 Å². The van der Waals surface area contributed by atoms with Gasteiger partial charge in [-0.2, -0.15) is 0 Å². The molecule has 0 bridgehead atoms. The van der Waals surface area contributed by atoms with Gasteiger partial charge in [0, 0.05) is 13.1 Å². The maximum Gasteiger partial charge on any atom is 0.287 e. The first kappa shape index (κ1) is 9.73. The highest BCUT2D eigenvalue weighted by Gasteiger charge is 2.16. The zero-order valence-corrected chi connectivity index (χ0v) is 7.61. The van der Waals surface area contributed by atoms with Gasteiger partial charge in [0.05, 0.1) is 22.7 Å². The lowest BCUT2D eigenvalue weighted by atomic mass is 10.3. The minimum Gasteiger partial charge on any atom is -0.342 e. The van der Waals surface area contributed by atoms with E-state index in [9.17, 15) is 14.9 Å². The molecule has 6 heteroatoms. The first-order chi connectivity index (χ1) is 6.06. The number of carbonyl (C=O) groups excluding carboxylic acids is 1. The maximum absolute atomic E-state index is 11.1. The highest BCUT2D eigenvalue weighted by molar-refractivity contribution is 6.30. The van der Waals surface area contributed by atoms with Crippen molar-refractivity contribution < 1.29 is 9.72 Å². The van der Waals surface area contributed by atoms with Crippen molar-refractivity contribution in [3.05, 3.63) is 28.1 Å². The van der Waals surface area contributed by atoms with E-state index < -0.39 is 4.92 Å². The topological polar surface area (TPSA) is 65.1 Å². The van der Waals surface area contributed by atoms with Crippen molar-refractivity contribution in [2.45, 2.75) is 0 Å². The Kier molecular flexibility index (Phi) is 2.67. The summed E-state index contributed by atoms with van der Waals surface area (Å²) >= 11 is 5.31. The van der Waals surface area contributed by atoms with E-state index in [0.717, 1.165) is 0 Å². The summed E-state index contributed by atoms with van der Waals surface area (Å²) in [7, 11) is 1.56. The molecule has 70 valence electrons. The number of nitro groups is 1. The van der Waals surface area contributed by atoms with E-state index in [1.54, 1.807) is 7.05 Å². The number of Topliss-reactive ketones (excluding diaryl/α,β-unsaturated/α-hetero) is 1. The molecule has 0 amide bonds. The fourth-order valence-electron chi connectivity index (χ4n) is 0.993. The Labute approximate surface area is 79.1 Å². The molecule has 1 aromatic heterocycles. The number of halogens is 1. The van der Waals surface area contributed by atoms with Gasteiger partial charge in [-0.05, 0) is 0 Å². The summed E-state index contributed by atoms with van der Waals surface area (Å²) in [6, 6.07) is 1.21. The molecule has 0 aliphatic rings. The number of ketones is 1. The Morgan fingerprint density at radius 1 is 1.77 bits per heavy atom. The van der Waals surface area contributed by atoms with E-state index >= 15 is 0 Å². The molecule has 0 spiro atoms. The third-order valence-electron chi connectivity index (χ3n) is 1.61. The molecule has 0 aromatic carbocycles. The summed E-state index contributed by atoms with van der Waals surface area (Å²) in [5.41, 5.74) is 0.151. The van der Waals surface area contributed by atoms with Crippen molar-refractivity contribution >= 4 is 23.1 Å². The average molecular weight is 203 g/mol. The van der Waals surface area contributed by atoms with Crippen LogP contribution in [0.5, 0.6) is 0 Å². The second kappa shape index (κ2) is 3.57. The molecule has 0 N–H and O–H groups in total. The van der Waals surface area contributed by atoms with Gasteiger partial charge in [-0.1, -0.05) is 0 Å². The summed E-state index contributed by atoms with van der Waals surface area (Å²) in [6.07, 6.45) is 1.28. The second-order valence-corrected chi connectivity index (χ2v) is 2.78. The first-order valence-electron chi connectivity index (χ1n) is 3.46. The minimum absolute atomic E-state index is 0.101. The van der Waals surface area contributed by atoms with Crippen LogP contribution in [0.3, 0.4) is 0 Å². The van der Waals surface area contributed by atoms with E-state index in [1.807, 2.05) is 0 Å². The van der Waals surface area contributed by atoms with Crippen LogP contribution in [-0.4, -0.2) is 21.2 Å². The molecule has 5 nitrogen and oxygen atoms in total. The fraction of sp³-hybridized carbons (Fsp3) is 0.286. The van der Waals surface area contributed by atoms with Crippen LogP contribution >= 0.6 is 11.6 Å². The molecule has 13 heavy (non-hydrogen) atoms. The summed E-state index contributed by atoms with van der Waals surface area (Å²) in [5, 5.41) is 10.3. The van der Waals surface area contributed by atoms with E-state index in [-0.39, 0.29) is 23.0 Å². The highest BCUT2D eigenvalue weighted by Crippen LogP contribution is 2.15. The zero-order chi connectivity index (χ0) is 10.0. The van der Waals surface area contributed by atoms with Crippen molar-refractivity contribution in [2.75, 3.05) is 5.88 Å². The Balaban J connectivity index is 3.10. The molecule has 0 fully saturated rings. The van der Waals surface area contributed by atoms with Crippen LogP contribution in [0.25, 0.3) is 0 Å². The lowest BCUT2D eigenvalue weighted by molar-refractivity contribution is -0.384. The van der Waals surface area contributed by atoms with Crippen LogP contribution in [0.4, 0.5) is 5.69 Å². The number of aromatic nitrogens is 1. The van der Waals surface area contributed by atoms with Crippen LogP contribution in [-0.2, 0) is 7.05 Å². The van der Waals surface area contributed by atoms with Gasteiger partial charge in [0.1, 0.15) is 0 Å². The van der Waals surface area contributed by atoms with Gasteiger partial charge >= 0.3 is 0 Å². The predicted molar refractivity (Wildman–Crippen MR) is 47.1 cm³/mol. The Morgan fingerprint density at radius 3 is 2.77 bits per heavy atom. The van der Waals surface area contributed by atoms with Crippen LogP contribution < -0.4 is 0 Å². The molecule has 0 unspecified atom stereocenters. The van der Waals surface area contributed by atoms with Crippen molar-refractivity contribution in [1.82, 2.24) is 4.57 Å². The molecule has 0 aliphatic heterocycles. The van der Waals surface area contributed by atoms with Gasteiger partial charge in [0.25, 0.3) is 5.69 Å². The molecular formula is C7H7ClN2O3. The SMILES string of the molecule is Cn1cc([N+](=O)[O-])cc1C(=O)CCl. The van der Waals surface area contributed by atoms with Gasteiger partial charge in [0.15, 0.2) is 5.78 Å². The lowest BCUT2D eigenvalue weighted by Crippen LogP contribution is -2.05. The molecule has 1 rings (SSSR count). The number of hydrogen-bond donors (Lipinski definition) is 0. The molecule has 0 saturated heterocycles. The molecule has 0 radical (unpaired) electrons. The van der Waals surface area contributed by atoms with E-state index in [0.29, 0.717) is 0 Å². The molecule has 0 atom stereocenters. The molecule has 1 aromatic rings. The number of carbonyl (C=O) groups is 1. The highest BCUT2D eigenvalue weighted by atomic mass is 35.5. The minimum atomic E-state index is -0.551. The van der Waals surface area contributed by atoms with Gasteiger partial charge in [0.2, 0.25) is 0 Å². The van der Waals surface area contributed by atoms with E-state index in [4.69, 9.17) is 11.6 Å². The third-order valence-corrected chi connectivity index (χ3v) is 1.85. The summed E-state index contributed by atoms with van der Waals surface area (Å²) in [4.78, 5) is 20.9. The largest absolute Gasteiger partial charge is 0.342 e. The molecule has 1 heterocycles. The van der Waals surface area contributed by atoms with Crippen molar-refractivity contribution in [2.24, 2.45) is 7.05 Å². The normalized spacial score (nSPS) is 10.0. The standard InChI is InChI=1S/C7H7ClN2O3/c1-9-4-5(10(12)13)2-6(9)7(11)3-8/h2,4H,3H2,1H3. The van der Waals surface area contributed by atoms with E-state index in [1.165, 1.54) is 16.8 Å². The Bertz CT molecular complexity index is 359. The van der Waals surface area contributed by atoms with Crippen molar-refractivity contribution in [3.8, 4) is 0 Å². The summed E-state index contributed by atoms with van der Waals surface area (Å²) in [6.45, 7) is 0. The second-order valence-electron chi connectivity index (χ2n) is 2.51. The lowest BCUT2D eigenvalue weighted by Gasteiger charge is -1.95. The number of rotatable bonds is 3. The number of hydrogen-bond acceptors (Lipinski definition) is 3. The van der Waals surface area contributed by atoms with Crippen LogP contribution in [0, 0.1) is 10.1 Å². The quantitative estimate of drug-likeness (QED) is 0.322. The van der Waals surface area contributed by atoms with Crippen molar-refractivity contribution in [3.63, 3.8) is 0 Å². The van der Waals surface area contributed by atoms with Gasteiger partial charge in [-0.3, -0.25) is 14.9 Å². The Hall–Kier alpha value is -1.36. The van der Waals surface area contributed by atoms with E-state index in [2.05, 4.69) is 0 Å². The third kappa shape index (κ3) is 1.86. The Morgan fingerprint density at radius 2 is 2.38 bits per heavy atom. The summed E-state index contributed by atoms with van der Waals surface area (Å²) in [5.74, 6) is -0.494. The molecule has 0 aliphatic carbocycles. The van der Waals surface area contributed by atoms with Crippen LogP contribution in [0.2, 0.25) is 0 Å². The maximum atomic E-state index is 11.1. The number of aryl methyl sites for hydroxylation is 1. The molecule has 0 saturated carbocycles. The predicted octanol–water partition coefficient (Wildman–Crippen LogP) is 1.35. The first-order valence-corrected chi connectivity index (χ1v) is 3.99. The van der Waals surface area contributed by atoms with Crippen LogP contribution in [0.15, 0.2) is 12.3 Å². The average Bonchev–Trinajstić information content (AvgIpc) is 2.46. The van der Waals surface area contributed by atoms with Crippen LogP contribution in [0.1, 0.15) is 10.5 Å². The zero-order valence-electron chi connectivity index (χ0n) is 6.86. The summed E-state index contributed by atoms with van der Waals surface area (Å²) < 4.78 is 1.39. The monoisotopic (exact) mass is 202 g/mol. The fourth-order valence-corrected chi connectivity index (χ4v) is 1.13. The van der Waals surface area contributed by atoms with Gasteiger partial charge in [-0.25, -0.2) is 0 Å². The number of alkyl halides is 1. The molecular weight excluding hydrogens is 196 g/mol. The van der Waals surface area contributed by atoms with Gasteiger partial charge < -0.3 is 4.57 Å². The smallest absolute Gasteiger partial charge is 0.287 e. The number of nitrogens with zero attached hydrogens (tertiary/aromatic N) is 2. The van der Waals surface area contributed by atoms with Crippen molar-refractivity contribution in [1.29, 1.82) is 0 Å².